The average molecular weight is 203 g/mol. The van der Waals surface area contributed by atoms with Crippen LogP contribution in [-0.4, -0.2) is 0 Å². The average Bonchev–Trinajstić information content (AvgIpc) is 2.26. The maximum absolute atomic E-state index is 2.35. The summed E-state index contributed by atoms with van der Waals surface area (Å²) in [6, 6.07) is 10.8. The molecule has 83 valence electrons. The Balaban J connectivity index is 2.67. The molecule has 15 heavy (non-hydrogen) atoms. The second kappa shape index (κ2) is 5.95. The van der Waals surface area contributed by atoms with Gasteiger partial charge in [0.15, 0.2) is 0 Å². The summed E-state index contributed by atoms with van der Waals surface area (Å²) in [6.07, 6.45) is 2.40. The Hall–Kier alpha value is -0.780. The van der Waals surface area contributed by atoms with E-state index in [1.807, 2.05) is 0 Å². The summed E-state index contributed by atoms with van der Waals surface area (Å²) in [5.74, 6) is 3.12. The van der Waals surface area contributed by atoms with Crippen molar-refractivity contribution in [3.63, 3.8) is 0 Å². The van der Waals surface area contributed by atoms with Crippen molar-refractivity contribution in [2.75, 3.05) is 0 Å². The largest absolute Gasteiger partial charge is 0.0651 e. The van der Waals surface area contributed by atoms with E-state index in [1.165, 1.54) is 12.0 Å². The molecule has 0 amide bonds. The zero-order valence-electron chi connectivity index (χ0n) is 10.5. The first-order valence-corrected chi connectivity index (χ1v) is 6.04. The third-order valence-corrected chi connectivity index (χ3v) is 3.24. The van der Waals surface area contributed by atoms with Gasteiger partial charge < -0.3 is 0 Å². The lowest BCUT2D eigenvalue weighted by atomic mass is 9.79. The predicted molar refractivity (Wildman–Crippen MR) is 67.7 cm³/mol. The van der Waals surface area contributed by atoms with E-state index in [4.69, 9.17) is 0 Å². The Bertz CT molecular complexity index is 261. The van der Waals surface area contributed by atoms with Crippen molar-refractivity contribution < 1.29 is 0 Å². The number of hydrogen-bond acceptors (Lipinski definition) is 0. The fraction of sp³-hybridized carbons (Fsp3) is 0.533. The van der Waals surface area contributed by atoms with E-state index in [2.05, 4.69) is 58.0 Å². The van der Waals surface area contributed by atoms with Crippen LogP contribution in [0.4, 0.5) is 0 Å². The third kappa shape index (κ3) is 3.70. The molecular weight excluding hydrogens is 180 g/mol. The molecule has 0 N–H and O–H groups in total. The molecule has 1 rings (SSSR count). The van der Waals surface area contributed by atoms with Gasteiger partial charge in [-0.3, -0.25) is 0 Å². The Labute approximate surface area is 94.7 Å². The van der Waals surface area contributed by atoms with Gasteiger partial charge in [-0.1, -0.05) is 64.4 Å². The molecule has 0 saturated heterocycles. The van der Waals surface area contributed by atoms with Gasteiger partial charge in [0.25, 0.3) is 0 Å². The number of rotatable bonds is 5. The van der Waals surface area contributed by atoms with E-state index < -0.39 is 0 Å². The van der Waals surface area contributed by atoms with Gasteiger partial charge >= 0.3 is 0 Å². The van der Waals surface area contributed by atoms with Crippen LogP contribution < -0.4 is 0 Å². The van der Waals surface area contributed by atoms with Crippen molar-refractivity contribution in [3.05, 3.63) is 41.8 Å². The zero-order chi connectivity index (χ0) is 11.3. The van der Waals surface area contributed by atoms with Crippen LogP contribution in [0.1, 0.15) is 39.7 Å². The maximum atomic E-state index is 2.35. The van der Waals surface area contributed by atoms with Crippen LogP contribution in [0.3, 0.4) is 0 Å². The maximum Gasteiger partial charge on any atom is -0.0144 e. The van der Waals surface area contributed by atoms with Crippen LogP contribution in [0.25, 0.3) is 0 Å². The normalized spacial score (nSPS) is 13.5. The second-order valence-corrected chi connectivity index (χ2v) is 4.70. The first-order valence-electron chi connectivity index (χ1n) is 6.04. The Morgan fingerprint density at radius 2 is 1.67 bits per heavy atom. The van der Waals surface area contributed by atoms with Gasteiger partial charge in [0, 0.05) is 0 Å². The topological polar surface area (TPSA) is 0 Å². The van der Waals surface area contributed by atoms with Gasteiger partial charge in [-0.15, -0.1) is 0 Å². The fourth-order valence-corrected chi connectivity index (χ4v) is 2.04. The van der Waals surface area contributed by atoms with Crippen LogP contribution >= 0.6 is 0 Å². The minimum Gasteiger partial charge on any atom is -0.0651 e. The van der Waals surface area contributed by atoms with Crippen LogP contribution in [0.15, 0.2) is 30.3 Å². The van der Waals surface area contributed by atoms with Crippen LogP contribution in [0.5, 0.6) is 0 Å². The smallest absolute Gasteiger partial charge is 0.0144 e. The SMILES string of the molecule is CCC(C)[C](Cc1ccccc1)C(C)C. The molecule has 0 heterocycles. The zero-order valence-corrected chi connectivity index (χ0v) is 10.5. The molecule has 0 fully saturated rings. The van der Waals surface area contributed by atoms with Crippen LogP contribution in [0, 0.1) is 17.8 Å². The second-order valence-electron chi connectivity index (χ2n) is 4.70. The Morgan fingerprint density at radius 1 is 1.07 bits per heavy atom. The van der Waals surface area contributed by atoms with E-state index in [9.17, 15) is 0 Å². The highest BCUT2D eigenvalue weighted by Gasteiger charge is 2.20. The van der Waals surface area contributed by atoms with Gasteiger partial charge in [0.2, 0.25) is 0 Å². The van der Waals surface area contributed by atoms with E-state index >= 15 is 0 Å². The fourth-order valence-electron chi connectivity index (χ4n) is 2.04. The summed E-state index contributed by atoms with van der Waals surface area (Å²) >= 11 is 0. The van der Waals surface area contributed by atoms with Gasteiger partial charge in [-0.25, -0.2) is 0 Å². The van der Waals surface area contributed by atoms with Gasteiger partial charge in [-0.05, 0) is 29.7 Å². The summed E-state index contributed by atoms with van der Waals surface area (Å²) in [6.45, 7) is 9.24. The number of hydrogen-bond donors (Lipinski definition) is 0. The molecule has 1 unspecified atom stereocenters. The lowest BCUT2D eigenvalue weighted by Gasteiger charge is -2.26. The highest BCUT2D eigenvalue weighted by Crippen LogP contribution is 2.29. The van der Waals surface area contributed by atoms with E-state index in [-0.39, 0.29) is 0 Å². The molecule has 0 heteroatoms. The number of benzene rings is 1. The molecule has 0 spiro atoms. The summed E-state index contributed by atoms with van der Waals surface area (Å²) in [7, 11) is 0. The molecule has 1 aromatic carbocycles. The van der Waals surface area contributed by atoms with Gasteiger partial charge in [-0.2, -0.15) is 0 Å². The van der Waals surface area contributed by atoms with Crippen LogP contribution in [-0.2, 0) is 6.42 Å². The predicted octanol–water partition coefficient (Wildman–Crippen LogP) is 4.51. The monoisotopic (exact) mass is 203 g/mol. The molecule has 1 aromatic rings. The highest BCUT2D eigenvalue weighted by molar-refractivity contribution is 5.20. The van der Waals surface area contributed by atoms with Crippen molar-refractivity contribution in [2.24, 2.45) is 11.8 Å². The molecule has 0 aromatic heterocycles. The van der Waals surface area contributed by atoms with Crippen molar-refractivity contribution in [1.82, 2.24) is 0 Å². The van der Waals surface area contributed by atoms with Crippen molar-refractivity contribution in [1.29, 1.82) is 0 Å². The highest BCUT2D eigenvalue weighted by atomic mass is 14.2. The van der Waals surface area contributed by atoms with E-state index in [1.54, 1.807) is 5.92 Å². The van der Waals surface area contributed by atoms with Crippen molar-refractivity contribution >= 4 is 0 Å². The first kappa shape index (κ1) is 12.3. The summed E-state index contributed by atoms with van der Waals surface area (Å²) < 4.78 is 0. The van der Waals surface area contributed by atoms with Crippen molar-refractivity contribution in [2.45, 2.75) is 40.5 Å². The molecule has 0 saturated carbocycles. The quantitative estimate of drug-likeness (QED) is 0.660. The Kier molecular flexibility index (Phi) is 4.87. The molecule has 0 bridgehead atoms. The Morgan fingerprint density at radius 3 is 2.13 bits per heavy atom. The first-order chi connectivity index (χ1) is 7.15. The van der Waals surface area contributed by atoms with Crippen molar-refractivity contribution in [3.8, 4) is 0 Å². The van der Waals surface area contributed by atoms with E-state index in [0.717, 1.165) is 12.3 Å². The van der Waals surface area contributed by atoms with Gasteiger partial charge in [0.1, 0.15) is 0 Å². The summed E-state index contributed by atoms with van der Waals surface area (Å²) in [4.78, 5) is 0. The molecule has 0 nitrogen and oxygen atoms in total. The lowest BCUT2D eigenvalue weighted by Crippen LogP contribution is -2.17. The third-order valence-electron chi connectivity index (χ3n) is 3.24. The molecule has 1 radical (unpaired) electrons. The standard InChI is InChI=1S/C15H23/c1-5-13(4)15(12(2)3)11-14-9-7-6-8-10-14/h6-10,12-13H,5,11H2,1-4H3. The minimum atomic E-state index is 0.695. The summed E-state index contributed by atoms with van der Waals surface area (Å²) in [5.41, 5.74) is 1.45. The van der Waals surface area contributed by atoms with Crippen LogP contribution in [0.2, 0.25) is 0 Å². The molecule has 0 aliphatic heterocycles. The lowest BCUT2D eigenvalue weighted by molar-refractivity contribution is 0.456. The van der Waals surface area contributed by atoms with Gasteiger partial charge in [0.05, 0.1) is 0 Å². The molecule has 0 aliphatic rings. The minimum absolute atomic E-state index is 0.695. The molecule has 1 atom stereocenters. The molecular formula is C15H23. The van der Waals surface area contributed by atoms with E-state index in [0.29, 0.717) is 5.92 Å². The molecule has 0 aliphatic carbocycles. The summed E-state index contributed by atoms with van der Waals surface area (Å²) in [5, 5.41) is 0.